The quantitative estimate of drug-likeness (QED) is 0.675. The molecule has 0 aliphatic carbocycles. The van der Waals surface area contributed by atoms with E-state index in [1.807, 2.05) is 18.2 Å². The summed E-state index contributed by atoms with van der Waals surface area (Å²) in [6.07, 6.45) is 0. The second-order valence-corrected chi connectivity index (χ2v) is 7.97. The molecule has 2 amide bonds. The van der Waals surface area contributed by atoms with Crippen LogP contribution in [0.25, 0.3) is 0 Å². The van der Waals surface area contributed by atoms with Gasteiger partial charge in [0.25, 0.3) is 5.91 Å². The van der Waals surface area contributed by atoms with Gasteiger partial charge in [-0.2, -0.15) is 0 Å². The fraction of sp³-hybridized carbons (Fsp3) is 0.333. The summed E-state index contributed by atoms with van der Waals surface area (Å²) >= 11 is 1.39. The molecule has 5 nitrogen and oxygen atoms in total. The summed E-state index contributed by atoms with van der Waals surface area (Å²) in [7, 11) is 7.70. The highest BCUT2D eigenvalue weighted by molar-refractivity contribution is 8.00. The molecular formula is C21H28N3O2S+. The highest BCUT2D eigenvalue weighted by Crippen LogP contribution is 2.23. The second kappa shape index (κ2) is 10.1. The number of hydrogen-bond acceptors (Lipinski definition) is 3. The van der Waals surface area contributed by atoms with Crippen molar-refractivity contribution >= 4 is 23.6 Å². The minimum absolute atomic E-state index is 0.0230. The number of rotatable bonds is 8. The molecule has 0 saturated carbocycles. The van der Waals surface area contributed by atoms with Gasteiger partial charge in [-0.15, -0.1) is 11.8 Å². The Bertz CT molecular complexity index is 773. The molecule has 2 aromatic rings. The van der Waals surface area contributed by atoms with Gasteiger partial charge < -0.3 is 15.1 Å². The Morgan fingerprint density at radius 1 is 1.00 bits per heavy atom. The molecule has 2 aromatic carbocycles. The molecule has 6 heteroatoms. The van der Waals surface area contributed by atoms with E-state index in [1.54, 1.807) is 25.1 Å². The summed E-state index contributed by atoms with van der Waals surface area (Å²) in [4.78, 5) is 28.2. The standard InChI is InChI=1S/C21H27N3O2S/c1-23(2)14-17-11-9-16(10-12-17)13-22-21(26)18-7-5-6-8-19(18)27-15-20(25)24(3)4/h5-12H,13-15H2,1-4H3,(H,22,26)/p+1. The van der Waals surface area contributed by atoms with Crippen LogP contribution in [0, 0.1) is 0 Å². The van der Waals surface area contributed by atoms with Crippen molar-refractivity contribution in [2.45, 2.75) is 18.0 Å². The fourth-order valence-corrected chi connectivity index (χ4v) is 3.54. The maximum absolute atomic E-state index is 12.6. The zero-order valence-corrected chi connectivity index (χ0v) is 17.2. The molecule has 0 aliphatic rings. The highest BCUT2D eigenvalue weighted by atomic mass is 32.2. The van der Waals surface area contributed by atoms with Crippen molar-refractivity contribution in [2.24, 2.45) is 0 Å². The number of carbonyl (C=O) groups excluding carboxylic acids is 2. The van der Waals surface area contributed by atoms with Gasteiger partial charge in [0.1, 0.15) is 6.54 Å². The van der Waals surface area contributed by atoms with Crippen LogP contribution in [0.2, 0.25) is 0 Å². The maximum Gasteiger partial charge on any atom is 0.252 e. The third kappa shape index (κ3) is 6.73. The predicted molar refractivity (Wildman–Crippen MR) is 110 cm³/mol. The van der Waals surface area contributed by atoms with Crippen LogP contribution >= 0.6 is 11.8 Å². The molecule has 0 unspecified atom stereocenters. The van der Waals surface area contributed by atoms with E-state index in [4.69, 9.17) is 0 Å². The van der Waals surface area contributed by atoms with Gasteiger partial charge in [-0.05, 0) is 17.7 Å². The lowest BCUT2D eigenvalue weighted by atomic mass is 10.1. The Morgan fingerprint density at radius 3 is 2.26 bits per heavy atom. The van der Waals surface area contributed by atoms with Gasteiger partial charge in [0.15, 0.2) is 0 Å². The van der Waals surface area contributed by atoms with Crippen molar-refractivity contribution in [3.63, 3.8) is 0 Å². The Labute approximate surface area is 165 Å². The van der Waals surface area contributed by atoms with E-state index in [1.165, 1.54) is 22.2 Å². The summed E-state index contributed by atoms with van der Waals surface area (Å²) in [6, 6.07) is 15.7. The van der Waals surface area contributed by atoms with E-state index in [0.717, 1.165) is 17.0 Å². The third-order valence-corrected chi connectivity index (χ3v) is 5.07. The van der Waals surface area contributed by atoms with Crippen LogP contribution in [-0.2, 0) is 17.9 Å². The van der Waals surface area contributed by atoms with Crippen LogP contribution < -0.4 is 10.2 Å². The first-order chi connectivity index (χ1) is 12.9. The average molecular weight is 387 g/mol. The zero-order valence-electron chi connectivity index (χ0n) is 16.4. The molecule has 0 aliphatic heterocycles. The molecule has 27 heavy (non-hydrogen) atoms. The van der Waals surface area contributed by atoms with E-state index in [-0.39, 0.29) is 11.8 Å². The summed E-state index contributed by atoms with van der Waals surface area (Å²) in [5.74, 6) is 0.208. The smallest absolute Gasteiger partial charge is 0.252 e. The van der Waals surface area contributed by atoms with Crippen molar-refractivity contribution in [1.29, 1.82) is 0 Å². The van der Waals surface area contributed by atoms with E-state index in [9.17, 15) is 9.59 Å². The molecular weight excluding hydrogens is 358 g/mol. The van der Waals surface area contributed by atoms with Gasteiger partial charge in [0.05, 0.1) is 25.4 Å². The van der Waals surface area contributed by atoms with Crippen LogP contribution in [0.5, 0.6) is 0 Å². The Morgan fingerprint density at radius 2 is 1.63 bits per heavy atom. The minimum atomic E-state index is -0.128. The van der Waals surface area contributed by atoms with E-state index in [0.29, 0.717) is 17.9 Å². The second-order valence-electron chi connectivity index (χ2n) is 6.96. The van der Waals surface area contributed by atoms with Crippen LogP contribution in [0.4, 0.5) is 0 Å². The van der Waals surface area contributed by atoms with E-state index in [2.05, 4.69) is 43.7 Å². The first kappa shape index (κ1) is 21.0. The minimum Gasteiger partial charge on any atom is -0.348 e. The molecule has 2 N–H and O–H groups in total. The number of hydrogen-bond donors (Lipinski definition) is 2. The van der Waals surface area contributed by atoms with Gasteiger partial charge in [-0.3, -0.25) is 9.59 Å². The van der Waals surface area contributed by atoms with Crippen molar-refractivity contribution < 1.29 is 14.5 Å². The lowest BCUT2D eigenvalue weighted by Crippen LogP contribution is -3.04. The SMILES string of the molecule is CN(C)C(=O)CSc1ccccc1C(=O)NCc1ccc(C[NH+](C)C)cc1. The predicted octanol–water partition coefficient (Wildman–Crippen LogP) is 1.44. The van der Waals surface area contributed by atoms with E-state index < -0.39 is 0 Å². The molecule has 0 atom stereocenters. The van der Waals surface area contributed by atoms with Crippen LogP contribution in [0.1, 0.15) is 21.5 Å². The zero-order chi connectivity index (χ0) is 19.8. The normalized spacial score (nSPS) is 10.7. The number of benzene rings is 2. The molecule has 0 saturated heterocycles. The van der Waals surface area contributed by atoms with Crippen molar-refractivity contribution in [3.05, 3.63) is 65.2 Å². The molecule has 0 spiro atoms. The van der Waals surface area contributed by atoms with Gasteiger partial charge in [0, 0.05) is 31.1 Å². The number of quaternary nitrogens is 1. The van der Waals surface area contributed by atoms with Crippen LogP contribution in [0.15, 0.2) is 53.4 Å². The Balaban J connectivity index is 1.96. The molecule has 0 heterocycles. The molecule has 0 fully saturated rings. The van der Waals surface area contributed by atoms with Gasteiger partial charge in [-0.1, -0.05) is 36.4 Å². The molecule has 0 radical (unpaired) electrons. The van der Waals surface area contributed by atoms with Crippen molar-refractivity contribution in [3.8, 4) is 0 Å². The summed E-state index contributed by atoms with van der Waals surface area (Å²) in [6.45, 7) is 1.45. The average Bonchev–Trinajstić information content (AvgIpc) is 2.65. The number of nitrogens with one attached hydrogen (secondary N) is 2. The largest absolute Gasteiger partial charge is 0.348 e. The first-order valence-electron chi connectivity index (χ1n) is 8.94. The summed E-state index contributed by atoms with van der Waals surface area (Å²) < 4.78 is 0. The third-order valence-electron chi connectivity index (χ3n) is 4.02. The first-order valence-corrected chi connectivity index (χ1v) is 9.92. The molecule has 0 aromatic heterocycles. The number of carbonyl (C=O) groups is 2. The maximum atomic E-state index is 12.6. The van der Waals surface area contributed by atoms with Gasteiger partial charge in [0.2, 0.25) is 5.91 Å². The molecule has 0 bridgehead atoms. The summed E-state index contributed by atoms with van der Waals surface area (Å²) in [5, 5.41) is 2.97. The topological polar surface area (TPSA) is 53.9 Å². The highest BCUT2D eigenvalue weighted by Gasteiger charge is 2.13. The van der Waals surface area contributed by atoms with Crippen LogP contribution in [0.3, 0.4) is 0 Å². The van der Waals surface area contributed by atoms with Crippen LogP contribution in [-0.4, -0.2) is 50.7 Å². The van der Waals surface area contributed by atoms with Gasteiger partial charge >= 0.3 is 0 Å². The lowest BCUT2D eigenvalue weighted by Gasteiger charge is -2.12. The lowest BCUT2D eigenvalue weighted by molar-refractivity contribution is -0.872. The monoisotopic (exact) mass is 386 g/mol. The molecule has 2 rings (SSSR count). The fourth-order valence-electron chi connectivity index (χ4n) is 2.51. The number of thioether (sulfide) groups is 1. The van der Waals surface area contributed by atoms with Gasteiger partial charge in [-0.25, -0.2) is 0 Å². The Kier molecular flexibility index (Phi) is 7.88. The molecule has 144 valence electrons. The summed E-state index contributed by atoms with van der Waals surface area (Å²) in [5.41, 5.74) is 2.94. The van der Waals surface area contributed by atoms with Crippen molar-refractivity contribution in [1.82, 2.24) is 10.2 Å². The van der Waals surface area contributed by atoms with E-state index >= 15 is 0 Å². The number of nitrogens with zero attached hydrogens (tertiary/aromatic N) is 1. The number of amides is 2. The van der Waals surface area contributed by atoms with Crippen molar-refractivity contribution in [2.75, 3.05) is 33.9 Å². The Hall–Kier alpha value is -2.31.